The predicted molar refractivity (Wildman–Crippen MR) is 91.4 cm³/mol. The van der Waals surface area contributed by atoms with Crippen LogP contribution in [0.2, 0.25) is 0 Å². The van der Waals surface area contributed by atoms with E-state index >= 15 is 0 Å². The van der Waals surface area contributed by atoms with Gasteiger partial charge < -0.3 is 9.52 Å². The Morgan fingerprint density at radius 1 is 1.04 bits per heavy atom. The minimum Gasteiger partial charge on any atom is -0.441 e. The first-order valence-corrected chi connectivity index (χ1v) is 9.11. The summed E-state index contributed by atoms with van der Waals surface area (Å²) in [6, 6.07) is 15.3. The number of aryl methyl sites for hydroxylation is 1. The second-order valence-corrected chi connectivity index (χ2v) is 7.02. The molecule has 1 heterocycles. The summed E-state index contributed by atoms with van der Waals surface area (Å²) in [4.78, 5) is 4.42. The Balaban J connectivity index is 1.48. The highest BCUT2D eigenvalue weighted by atomic mass is 32.2. The van der Waals surface area contributed by atoms with Gasteiger partial charge in [-0.15, -0.1) is 0 Å². The number of aliphatic hydroxyl groups excluding tert-OH is 1. The van der Waals surface area contributed by atoms with Gasteiger partial charge in [0, 0.05) is 28.7 Å². The molecule has 0 amide bonds. The summed E-state index contributed by atoms with van der Waals surface area (Å²) in [6.45, 7) is 0.0356. The number of benzene rings is 2. The topological polar surface area (TPSA) is 63.3 Å². The standard InChI is InChI=1S/C18H19NO3S/c20-12-14-7-9-15(10-8-14)13-23(21)11-3-6-18-19-16-4-1-2-5-17(16)22-18/h1-2,4-5,7-10,20H,3,6,11-13H2. The maximum absolute atomic E-state index is 12.1. The highest BCUT2D eigenvalue weighted by molar-refractivity contribution is 7.84. The fourth-order valence-corrected chi connectivity index (χ4v) is 3.59. The van der Waals surface area contributed by atoms with Crippen LogP contribution in [0.15, 0.2) is 52.9 Å². The molecule has 0 aliphatic heterocycles. The predicted octanol–water partition coefficient (Wildman–Crippen LogP) is 3.20. The Labute approximate surface area is 137 Å². The van der Waals surface area contributed by atoms with Crippen LogP contribution in [0.5, 0.6) is 0 Å². The monoisotopic (exact) mass is 329 g/mol. The third-order valence-corrected chi connectivity index (χ3v) is 5.03. The van der Waals surface area contributed by atoms with Crippen LogP contribution in [0.1, 0.15) is 23.4 Å². The molecule has 0 fully saturated rings. The van der Waals surface area contributed by atoms with Gasteiger partial charge in [0.25, 0.3) is 0 Å². The maximum atomic E-state index is 12.1. The van der Waals surface area contributed by atoms with E-state index in [-0.39, 0.29) is 6.61 Å². The Kier molecular flexibility index (Phi) is 5.20. The van der Waals surface area contributed by atoms with Gasteiger partial charge in [-0.2, -0.15) is 0 Å². The normalized spacial score (nSPS) is 12.6. The third-order valence-electron chi connectivity index (χ3n) is 3.63. The lowest BCUT2D eigenvalue weighted by Gasteiger charge is -2.03. The highest BCUT2D eigenvalue weighted by Gasteiger charge is 2.07. The summed E-state index contributed by atoms with van der Waals surface area (Å²) in [6.07, 6.45) is 1.48. The Morgan fingerprint density at radius 2 is 1.78 bits per heavy atom. The van der Waals surface area contributed by atoms with Gasteiger partial charge in [0.2, 0.25) is 0 Å². The molecular formula is C18H19NO3S. The van der Waals surface area contributed by atoms with Crippen molar-refractivity contribution in [2.24, 2.45) is 0 Å². The third kappa shape index (κ3) is 4.27. The molecule has 1 atom stereocenters. The van der Waals surface area contributed by atoms with E-state index in [1.54, 1.807) is 0 Å². The molecule has 0 saturated carbocycles. The first-order chi connectivity index (χ1) is 11.2. The summed E-state index contributed by atoms with van der Waals surface area (Å²) in [5.41, 5.74) is 3.57. The fraction of sp³-hybridized carbons (Fsp3) is 0.278. The highest BCUT2D eigenvalue weighted by Crippen LogP contribution is 2.16. The lowest BCUT2D eigenvalue weighted by Crippen LogP contribution is -2.02. The Hall–Kier alpha value is -1.98. The first kappa shape index (κ1) is 15.9. The quantitative estimate of drug-likeness (QED) is 0.723. The van der Waals surface area contributed by atoms with Gasteiger partial charge in [-0.1, -0.05) is 36.4 Å². The van der Waals surface area contributed by atoms with Gasteiger partial charge in [0.05, 0.1) is 6.61 Å². The van der Waals surface area contributed by atoms with Crippen molar-refractivity contribution >= 4 is 21.9 Å². The van der Waals surface area contributed by atoms with Crippen LogP contribution in [0.3, 0.4) is 0 Å². The van der Waals surface area contributed by atoms with Crippen LogP contribution in [0.25, 0.3) is 11.1 Å². The lowest BCUT2D eigenvalue weighted by atomic mass is 10.2. The van der Waals surface area contributed by atoms with Gasteiger partial charge in [-0.05, 0) is 29.7 Å². The van der Waals surface area contributed by atoms with Crippen LogP contribution in [0, 0.1) is 0 Å². The summed E-state index contributed by atoms with van der Waals surface area (Å²) in [5.74, 6) is 1.87. The van der Waals surface area contributed by atoms with E-state index in [9.17, 15) is 4.21 Å². The van der Waals surface area contributed by atoms with E-state index in [0.717, 1.165) is 28.6 Å². The fourth-order valence-electron chi connectivity index (χ4n) is 2.41. The molecule has 2 aromatic carbocycles. The molecule has 1 N–H and O–H groups in total. The zero-order valence-electron chi connectivity index (χ0n) is 12.8. The zero-order chi connectivity index (χ0) is 16.1. The molecule has 3 aromatic rings. The second kappa shape index (κ2) is 7.53. The van der Waals surface area contributed by atoms with E-state index in [1.165, 1.54) is 0 Å². The molecular weight excluding hydrogens is 310 g/mol. The number of rotatable bonds is 7. The van der Waals surface area contributed by atoms with Crippen LogP contribution in [-0.2, 0) is 29.6 Å². The molecule has 0 aliphatic rings. The van der Waals surface area contributed by atoms with E-state index in [0.29, 0.717) is 23.8 Å². The average molecular weight is 329 g/mol. The van der Waals surface area contributed by atoms with E-state index in [1.807, 2.05) is 48.5 Å². The zero-order valence-corrected chi connectivity index (χ0v) is 13.6. The minimum atomic E-state index is -0.903. The van der Waals surface area contributed by atoms with Gasteiger partial charge in [0.15, 0.2) is 11.5 Å². The van der Waals surface area contributed by atoms with Crippen molar-refractivity contribution in [2.75, 3.05) is 5.75 Å². The molecule has 0 radical (unpaired) electrons. The first-order valence-electron chi connectivity index (χ1n) is 7.63. The van der Waals surface area contributed by atoms with Crippen molar-refractivity contribution in [3.63, 3.8) is 0 Å². The molecule has 0 spiro atoms. The maximum Gasteiger partial charge on any atom is 0.195 e. The summed E-state index contributed by atoms with van der Waals surface area (Å²) < 4.78 is 17.8. The van der Waals surface area contributed by atoms with Crippen molar-refractivity contribution in [1.29, 1.82) is 0 Å². The van der Waals surface area contributed by atoms with Gasteiger partial charge in [-0.25, -0.2) is 4.98 Å². The van der Waals surface area contributed by atoms with Crippen LogP contribution >= 0.6 is 0 Å². The Bertz CT molecular complexity index is 762. The van der Waals surface area contributed by atoms with Crippen molar-refractivity contribution in [3.05, 3.63) is 65.5 Å². The Morgan fingerprint density at radius 3 is 2.52 bits per heavy atom. The number of nitrogens with zero attached hydrogens (tertiary/aromatic N) is 1. The lowest BCUT2D eigenvalue weighted by molar-refractivity contribution is 0.282. The number of fused-ring (bicyclic) bond motifs is 1. The molecule has 0 bridgehead atoms. The summed E-state index contributed by atoms with van der Waals surface area (Å²) in [7, 11) is -0.903. The van der Waals surface area contributed by atoms with E-state index < -0.39 is 10.8 Å². The molecule has 3 rings (SSSR count). The van der Waals surface area contributed by atoms with Gasteiger partial charge in [-0.3, -0.25) is 4.21 Å². The molecule has 23 heavy (non-hydrogen) atoms. The van der Waals surface area contributed by atoms with Crippen molar-refractivity contribution in [1.82, 2.24) is 4.98 Å². The van der Waals surface area contributed by atoms with Crippen LogP contribution < -0.4 is 0 Å². The molecule has 5 heteroatoms. The van der Waals surface area contributed by atoms with E-state index in [2.05, 4.69) is 4.98 Å². The number of aromatic nitrogens is 1. The smallest absolute Gasteiger partial charge is 0.195 e. The number of aliphatic hydroxyl groups is 1. The SMILES string of the molecule is O=S(CCCc1nc2ccccc2o1)Cc1ccc(CO)cc1. The molecule has 0 aliphatic carbocycles. The molecule has 120 valence electrons. The van der Waals surface area contributed by atoms with Gasteiger partial charge >= 0.3 is 0 Å². The molecule has 0 saturated heterocycles. The summed E-state index contributed by atoms with van der Waals surface area (Å²) in [5, 5.41) is 9.01. The van der Waals surface area contributed by atoms with Crippen LogP contribution in [-0.4, -0.2) is 20.1 Å². The van der Waals surface area contributed by atoms with Crippen LogP contribution in [0.4, 0.5) is 0 Å². The summed E-state index contributed by atoms with van der Waals surface area (Å²) >= 11 is 0. The van der Waals surface area contributed by atoms with Crippen molar-refractivity contribution < 1.29 is 13.7 Å². The van der Waals surface area contributed by atoms with Crippen molar-refractivity contribution in [2.45, 2.75) is 25.2 Å². The number of hydrogen-bond donors (Lipinski definition) is 1. The number of para-hydroxylation sites is 2. The number of hydrogen-bond acceptors (Lipinski definition) is 4. The molecule has 4 nitrogen and oxygen atoms in total. The minimum absolute atomic E-state index is 0.0356. The largest absolute Gasteiger partial charge is 0.441 e. The number of oxazole rings is 1. The average Bonchev–Trinajstić information content (AvgIpc) is 2.98. The van der Waals surface area contributed by atoms with E-state index in [4.69, 9.17) is 9.52 Å². The molecule has 1 unspecified atom stereocenters. The second-order valence-electron chi connectivity index (χ2n) is 5.44. The molecule has 1 aromatic heterocycles. The van der Waals surface area contributed by atoms with Crippen molar-refractivity contribution in [3.8, 4) is 0 Å². The van der Waals surface area contributed by atoms with Gasteiger partial charge in [0.1, 0.15) is 5.52 Å².